The zero-order chi connectivity index (χ0) is 48.6. The highest BCUT2D eigenvalue weighted by atomic mass is 16.6. The van der Waals surface area contributed by atoms with E-state index in [2.05, 4.69) is 93.7 Å². The minimum Gasteiger partial charge on any atom is -0.462 e. The van der Waals surface area contributed by atoms with E-state index in [0.717, 1.165) is 96.3 Å². The molecule has 6 nitrogen and oxygen atoms in total. The van der Waals surface area contributed by atoms with Crippen LogP contribution in [0.4, 0.5) is 0 Å². The third kappa shape index (κ3) is 53.7. The van der Waals surface area contributed by atoms with E-state index in [0.29, 0.717) is 19.3 Å². The molecule has 0 bridgehead atoms. The molecule has 386 valence electrons. The van der Waals surface area contributed by atoms with Crippen molar-refractivity contribution in [2.45, 2.75) is 284 Å². The Morgan fingerprint density at radius 2 is 0.537 bits per heavy atom. The normalized spacial score (nSPS) is 12.6. The van der Waals surface area contributed by atoms with Gasteiger partial charge in [0.05, 0.1) is 0 Å². The zero-order valence-corrected chi connectivity index (χ0v) is 44.2. The molecule has 6 heteroatoms. The molecule has 0 aromatic carbocycles. The van der Waals surface area contributed by atoms with Crippen LogP contribution in [0.15, 0.2) is 72.9 Å². The van der Waals surface area contributed by atoms with Crippen molar-refractivity contribution < 1.29 is 28.6 Å². The fourth-order valence-electron chi connectivity index (χ4n) is 7.87. The summed E-state index contributed by atoms with van der Waals surface area (Å²) in [6.45, 7) is 6.55. The summed E-state index contributed by atoms with van der Waals surface area (Å²) in [6, 6.07) is 0. The lowest BCUT2D eigenvalue weighted by molar-refractivity contribution is -0.167. The molecule has 0 saturated carbocycles. The third-order valence-corrected chi connectivity index (χ3v) is 12.2. The Hall–Kier alpha value is -3.15. The quantitative estimate of drug-likeness (QED) is 0.0262. The van der Waals surface area contributed by atoms with Gasteiger partial charge in [0, 0.05) is 19.3 Å². The van der Waals surface area contributed by atoms with Crippen molar-refractivity contribution in [3.63, 3.8) is 0 Å². The lowest BCUT2D eigenvalue weighted by atomic mass is 10.0. The van der Waals surface area contributed by atoms with E-state index in [1.54, 1.807) is 0 Å². The SMILES string of the molecule is CCCCC/C=C\C/C=C\C/C=C\CCCCCCC(=O)OC[C@@H](COC(=O)CCCC/C=C\C/C=C\C/C=C\CCCCC)OC(=O)CCCCCCCCCCCCCCCCCCC. The van der Waals surface area contributed by atoms with Crippen LogP contribution >= 0.6 is 0 Å². The van der Waals surface area contributed by atoms with Crippen molar-refractivity contribution in [1.82, 2.24) is 0 Å². The number of carbonyl (C=O) groups excluding carboxylic acids is 3. The number of hydrogen-bond donors (Lipinski definition) is 0. The first-order valence-electron chi connectivity index (χ1n) is 28.4. The molecule has 0 N–H and O–H groups in total. The molecule has 0 unspecified atom stereocenters. The van der Waals surface area contributed by atoms with Gasteiger partial charge in [-0.2, -0.15) is 0 Å². The van der Waals surface area contributed by atoms with Crippen LogP contribution in [0, 0.1) is 0 Å². The Kier molecular flexibility index (Phi) is 52.8. The summed E-state index contributed by atoms with van der Waals surface area (Å²) in [5, 5.41) is 0. The Labute approximate surface area is 414 Å². The molecule has 0 rings (SSSR count). The first-order chi connectivity index (χ1) is 33.0. The highest BCUT2D eigenvalue weighted by Gasteiger charge is 2.19. The molecule has 0 aliphatic carbocycles. The van der Waals surface area contributed by atoms with Crippen LogP contribution < -0.4 is 0 Å². The largest absolute Gasteiger partial charge is 0.462 e. The van der Waals surface area contributed by atoms with E-state index in [4.69, 9.17) is 14.2 Å². The van der Waals surface area contributed by atoms with Crippen molar-refractivity contribution in [3.8, 4) is 0 Å². The van der Waals surface area contributed by atoms with Crippen LogP contribution in [0.2, 0.25) is 0 Å². The van der Waals surface area contributed by atoms with Gasteiger partial charge in [-0.3, -0.25) is 14.4 Å². The van der Waals surface area contributed by atoms with E-state index in [-0.39, 0.29) is 31.1 Å². The Balaban J connectivity index is 4.46. The van der Waals surface area contributed by atoms with Gasteiger partial charge in [0.25, 0.3) is 0 Å². The van der Waals surface area contributed by atoms with Crippen molar-refractivity contribution >= 4 is 17.9 Å². The third-order valence-electron chi connectivity index (χ3n) is 12.2. The van der Waals surface area contributed by atoms with E-state index < -0.39 is 6.10 Å². The van der Waals surface area contributed by atoms with Crippen molar-refractivity contribution in [2.75, 3.05) is 13.2 Å². The van der Waals surface area contributed by atoms with Crippen LogP contribution in [-0.2, 0) is 28.6 Å². The van der Waals surface area contributed by atoms with Gasteiger partial charge < -0.3 is 14.2 Å². The highest BCUT2D eigenvalue weighted by Crippen LogP contribution is 2.16. The molecule has 0 heterocycles. The average Bonchev–Trinajstić information content (AvgIpc) is 3.33. The summed E-state index contributed by atoms with van der Waals surface area (Å²) < 4.78 is 16.8. The summed E-state index contributed by atoms with van der Waals surface area (Å²) >= 11 is 0. The molecule has 0 spiro atoms. The van der Waals surface area contributed by atoms with Crippen molar-refractivity contribution in [3.05, 3.63) is 72.9 Å². The van der Waals surface area contributed by atoms with Gasteiger partial charge >= 0.3 is 17.9 Å². The molecular weight excluding hydrogens is 829 g/mol. The lowest BCUT2D eigenvalue weighted by Crippen LogP contribution is -2.30. The molecule has 0 aromatic rings. The van der Waals surface area contributed by atoms with Gasteiger partial charge in [-0.25, -0.2) is 0 Å². The molecule has 0 aliphatic heterocycles. The molecule has 0 radical (unpaired) electrons. The monoisotopic (exact) mass is 935 g/mol. The predicted molar refractivity (Wildman–Crippen MR) is 288 cm³/mol. The van der Waals surface area contributed by atoms with Crippen LogP contribution in [0.5, 0.6) is 0 Å². The van der Waals surface area contributed by atoms with Crippen molar-refractivity contribution in [2.24, 2.45) is 0 Å². The van der Waals surface area contributed by atoms with Gasteiger partial charge in [-0.05, 0) is 96.3 Å². The summed E-state index contributed by atoms with van der Waals surface area (Å²) in [5.41, 5.74) is 0. The van der Waals surface area contributed by atoms with E-state index in [1.165, 1.54) is 141 Å². The Morgan fingerprint density at radius 1 is 0.299 bits per heavy atom. The van der Waals surface area contributed by atoms with Crippen LogP contribution in [0.1, 0.15) is 278 Å². The number of carbonyl (C=O) groups is 3. The smallest absolute Gasteiger partial charge is 0.306 e. The minimum absolute atomic E-state index is 0.0973. The first-order valence-corrected chi connectivity index (χ1v) is 28.4. The fraction of sp³-hybridized carbons (Fsp3) is 0.754. The summed E-state index contributed by atoms with van der Waals surface area (Å²) in [6.07, 6.45) is 70.3. The van der Waals surface area contributed by atoms with Crippen LogP contribution in [-0.4, -0.2) is 37.2 Å². The van der Waals surface area contributed by atoms with Crippen LogP contribution in [0.25, 0.3) is 0 Å². The molecule has 1 atom stereocenters. The molecule has 0 saturated heterocycles. The van der Waals surface area contributed by atoms with E-state index in [1.807, 2.05) is 0 Å². The molecule has 67 heavy (non-hydrogen) atoms. The number of ether oxygens (including phenoxy) is 3. The van der Waals surface area contributed by atoms with Gasteiger partial charge in [0.1, 0.15) is 13.2 Å². The van der Waals surface area contributed by atoms with Crippen LogP contribution in [0.3, 0.4) is 0 Å². The number of rotatable bonds is 51. The van der Waals surface area contributed by atoms with E-state index >= 15 is 0 Å². The summed E-state index contributed by atoms with van der Waals surface area (Å²) in [4.78, 5) is 38.1. The molecule has 0 fully saturated rings. The summed E-state index contributed by atoms with van der Waals surface area (Å²) in [7, 11) is 0. The Bertz CT molecular complexity index is 1260. The standard InChI is InChI=1S/C61H106O6/c1-4-7-10-13-16-19-22-25-28-30-33-36-39-42-45-48-51-54-60(63)66-57-58(56-65-59(62)53-50-47-44-41-38-35-32-27-24-21-18-15-12-9-6-3)67-61(64)55-52-49-46-43-40-37-34-31-29-26-23-20-17-14-11-8-5-2/h16,18-19,21,25,27-28,32-33,36,38,41,58H,4-15,17,20,22-24,26,29-31,34-35,37,39-40,42-57H2,1-3H3/b19-16-,21-18-,28-25-,32-27-,36-33-,41-38-/t58-/m1/s1. The van der Waals surface area contributed by atoms with Crippen molar-refractivity contribution in [1.29, 1.82) is 0 Å². The minimum atomic E-state index is -0.799. The average molecular weight is 936 g/mol. The molecular formula is C61H106O6. The summed E-state index contributed by atoms with van der Waals surface area (Å²) in [5.74, 6) is -0.947. The lowest BCUT2D eigenvalue weighted by Gasteiger charge is -2.18. The van der Waals surface area contributed by atoms with Gasteiger partial charge in [-0.15, -0.1) is 0 Å². The first kappa shape index (κ1) is 63.8. The number of allylic oxidation sites excluding steroid dienone is 12. The zero-order valence-electron chi connectivity index (χ0n) is 44.2. The molecule has 0 amide bonds. The fourth-order valence-corrected chi connectivity index (χ4v) is 7.87. The topological polar surface area (TPSA) is 78.9 Å². The maximum Gasteiger partial charge on any atom is 0.306 e. The molecule has 0 aliphatic rings. The Morgan fingerprint density at radius 3 is 0.896 bits per heavy atom. The second kappa shape index (κ2) is 55.4. The maximum atomic E-state index is 12.9. The van der Waals surface area contributed by atoms with Gasteiger partial charge in [-0.1, -0.05) is 235 Å². The maximum absolute atomic E-state index is 12.9. The van der Waals surface area contributed by atoms with E-state index in [9.17, 15) is 14.4 Å². The van der Waals surface area contributed by atoms with Gasteiger partial charge in [0.2, 0.25) is 0 Å². The highest BCUT2D eigenvalue weighted by molar-refractivity contribution is 5.71. The second-order valence-corrected chi connectivity index (χ2v) is 18.8. The second-order valence-electron chi connectivity index (χ2n) is 18.8. The molecule has 0 aromatic heterocycles. The van der Waals surface area contributed by atoms with Gasteiger partial charge in [0.15, 0.2) is 6.10 Å². The number of esters is 3. The number of unbranched alkanes of at least 4 members (excludes halogenated alkanes) is 28. The number of hydrogen-bond acceptors (Lipinski definition) is 6. The predicted octanol–water partition coefficient (Wildman–Crippen LogP) is 19.0.